The lowest BCUT2D eigenvalue weighted by molar-refractivity contribution is 1.11. The van der Waals surface area contributed by atoms with Crippen molar-refractivity contribution in [3.8, 4) is 0 Å². The molecule has 0 aromatic heterocycles. The number of hydrogen-bond acceptors (Lipinski definition) is 0. The van der Waals surface area contributed by atoms with Crippen LogP contribution >= 0.6 is 0 Å². The normalized spacial score (nSPS) is 11.4. The van der Waals surface area contributed by atoms with Crippen molar-refractivity contribution >= 4 is 22.5 Å². The lowest BCUT2D eigenvalue weighted by Gasteiger charge is -2.43. The Morgan fingerprint density at radius 2 is 0.833 bits per heavy atom. The van der Waals surface area contributed by atoms with Crippen molar-refractivity contribution in [3.05, 3.63) is 125 Å². The van der Waals surface area contributed by atoms with Crippen LogP contribution in [0.2, 0.25) is 6.32 Å². The molecule has 0 saturated carbocycles. The summed E-state index contributed by atoms with van der Waals surface area (Å²) in [7, 11) is 0. The summed E-state index contributed by atoms with van der Waals surface area (Å²) in [5, 5.41) is 0. The molecule has 0 heterocycles. The van der Waals surface area contributed by atoms with E-state index in [4.69, 9.17) is 0 Å². The third kappa shape index (κ3) is 4.12. The van der Waals surface area contributed by atoms with Gasteiger partial charge < -0.3 is 0 Å². The number of rotatable bonds is 6. The molecule has 0 fully saturated rings. The maximum atomic E-state index is 2.35. The molecule has 0 unspecified atom stereocenters. The molecular formula is C29H30B-. The van der Waals surface area contributed by atoms with E-state index in [9.17, 15) is 0 Å². The van der Waals surface area contributed by atoms with Gasteiger partial charge in [0.05, 0.1) is 6.15 Å². The molecular weight excluding hydrogens is 359 g/mol. The lowest BCUT2D eigenvalue weighted by atomic mass is 9.14. The molecule has 0 aliphatic heterocycles. The highest BCUT2D eigenvalue weighted by molar-refractivity contribution is 7.11. The molecule has 0 bridgehead atoms. The first-order valence-corrected chi connectivity index (χ1v) is 11.0. The predicted molar refractivity (Wildman–Crippen MR) is 133 cm³/mol. The second-order valence-corrected chi connectivity index (χ2v) is 8.80. The Hall–Kier alpha value is -3.06. The molecule has 4 aromatic carbocycles. The average Bonchev–Trinajstić information content (AvgIpc) is 2.78. The van der Waals surface area contributed by atoms with Gasteiger partial charge in [-0.05, 0) is 20.8 Å². The fourth-order valence-electron chi connectivity index (χ4n) is 4.79. The first-order valence-electron chi connectivity index (χ1n) is 11.0. The van der Waals surface area contributed by atoms with Crippen LogP contribution in [0.15, 0.2) is 103 Å². The van der Waals surface area contributed by atoms with Crippen molar-refractivity contribution in [1.82, 2.24) is 0 Å². The highest BCUT2D eigenvalue weighted by Crippen LogP contribution is 2.18. The summed E-state index contributed by atoms with van der Waals surface area (Å²) < 4.78 is 0. The summed E-state index contributed by atoms with van der Waals surface area (Å²) in [5.41, 5.74) is 9.57. The molecule has 0 amide bonds. The van der Waals surface area contributed by atoms with Gasteiger partial charge in [-0.15, -0.1) is 0 Å². The maximum absolute atomic E-state index is 2.35. The van der Waals surface area contributed by atoms with Crippen LogP contribution in [0.5, 0.6) is 0 Å². The van der Waals surface area contributed by atoms with Gasteiger partial charge in [0.1, 0.15) is 0 Å². The van der Waals surface area contributed by atoms with E-state index in [2.05, 4.69) is 124 Å². The molecule has 4 aromatic rings. The van der Waals surface area contributed by atoms with Crippen LogP contribution < -0.4 is 16.4 Å². The van der Waals surface area contributed by atoms with Crippen molar-refractivity contribution < 1.29 is 0 Å². The molecule has 0 N–H and O–H groups in total. The molecule has 1 heteroatoms. The van der Waals surface area contributed by atoms with Crippen molar-refractivity contribution in [2.24, 2.45) is 0 Å². The van der Waals surface area contributed by atoms with Gasteiger partial charge in [-0.3, -0.25) is 0 Å². The van der Waals surface area contributed by atoms with E-state index >= 15 is 0 Å². The van der Waals surface area contributed by atoms with Gasteiger partial charge in [0.2, 0.25) is 0 Å². The Balaban J connectivity index is 1.92. The Kier molecular flexibility index (Phi) is 5.90. The Morgan fingerprint density at radius 3 is 1.20 bits per heavy atom. The van der Waals surface area contributed by atoms with E-state index in [1.165, 1.54) is 38.6 Å². The van der Waals surface area contributed by atoms with E-state index in [1.807, 2.05) is 0 Å². The second kappa shape index (κ2) is 8.75. The SMILES string of the molecule is Cc1ccc([B-](CCc2ccccc2)(c2ccc(C)cc2)c2ccc(C)cc2)cc1. The largest absolute Gasteiger partial charge is 0.200 e. The van der Waals surface area contributed by atoms with Crippen LogP contribution in [0.3, 0.4) is 0 Å². The Morgan fingerprint density at radius 1 is 0.467 bits per heavy atom. The van der Waals surface area contributed by atoms with E-state index in [0.29, 0.717) is 0 Å². The van der Waals surface area contributed by atoms with Crippen LogP contribution in [-0.2, 0) is 6.42 Å². The van der Waals surface area contributed by atoms with E-state index in [1.54, 1.807) is 0 Å². The highest BCUT2D eigenvalue weighted by Gasteiger charge is 2.29. The van der Waals surface area contributed by atoms with Gasteiger partial charge in [0.15, 0.2) is 0 Å². The van der Waals surface area contributed by atoms with Crippen LogP contribution in [0, 0.1) is 20.8 Å². The lowest BCUT2D eigenvalue weighted by Crippen LogP contribution is -2.67. The zero-order valence-electron chi connectivity index (χ0n) is 18.3. The van der Waals surface area contributed by atoms with E-state index in [0.717, 1.165) is 12.7 Å². The van der Waals surface area contributed by atoms with Gasteiger partial charge in [-0.2, -0.15) is 22.7 Å². The van der Waals surface area contributed by atoms with Gasteiger partial charge in [-0.25, -0.2) is 0 Å². The smallest absolute Gasteiger partial charge is 0.0817 e. The fraction of sp³-hybridized carbons (Fsp3) is 0.172. The van der Waals surface area contributed by atoms with Crippen molar-refractivity contribution in [2.45, 2.75) is 33.5 Å². The molecule has 0 spiro atoms. The van der Waals surface area contributed by atoms with Crippen LogP contribution in [0.1, 0.15) is 22.3 Å². The summed E-state index contributed by atoms with van der Waals surface area (Å²) in [6.07, 6.45) is 1.05. The first-order chi connectivity index (χ1) is 14.6. The molecule has 0 aliphatic rings. The molecule has 0 saturated heterocycles. The standard InChI is InChI=1S/C29H30B/c1-23-9-15-27(16-10-23)30(28-17-11-24(2)12-18-28,29-19-13-25(3)14-20-29)22-21-26-7-5-4-6-8-26/h4-20H,21-22H2,1-3H3/q-1. The zero-order valence-corrected chi connectivity index (χ0v) is 18.3. The molecule has 0 atom stereocenters. The number of hydrogen-bond donors (Lipinski definition) is 0. The molecule has 150 valence electrons. The third-order valence-corrected chi connectivity index (χ3v) is 6.65. The average molecular weight is 389 g/mol. The van der Waals surface area contributed by atoms with Crippen molar-refractivity contribution in [3.63, 3.8) is 0 Å². The van der Waals surface area contributed by atoms with Gasteiger partial charge in [-0.1, -0.05) is 132 Å². The molecule has 4 rings (SSSR count). The van der Waals surface area contributed by atoms with Gasteiger partial charge in [0, 0.05) is 0 Å². The Labute approximate surface area is 181 Å². The van der Waals surface area contributed by atoms with Gasteiger partial charge >= 0.3 is 0 Å². The molecule has 0 radical (unpaired) electrons. The second-order valence-electron chi connectivity index (χ2n) is 8.80. The molecule has 30 heavy (non-hydrogen) atoms. The topological polar surface area (TPSA) is 0 Å². The number of benzene rings is 4. The summed E-state index contributed by atoms with van der Waals surface area (Å²) in [4.78, 5) is 0. The minimum Gasteiger partial charge on any atom is -0.200 e. The summed E-state index contributed by atoms with van der Waals surface area (Å²) in [6, 6.07) is 38.5. The van der Waals surface area contributed by atoms with Crippen LogP contribution in [0.4, 0.5) is 0 Å². The van der Waals surface area contributed by atoms with Crippen LogP contribution in [0.25, 0.3) is 0 Å². The van der Waals surface area contributed by atoms with Gasteiger partial charge in [0.25, 0.3) is 0 Å². The fourth-order valence-corrected chi connectivity index (χ4v) is 4.79. The van der Waals surface area contributed by atoms with E-state index < -0.39 is 6.15 Å². The summed E-state index contributed by atoms with van der Waals surface area (Å²) in [5.74, 6) is 0. The predicted octanol–water partition coefficient (Wildman–Crippen LogP) is 5.32. The zero-order chi connectivity index (χ0) is 21.0. The monoisotopic (exact) mass is 389 g/mol. The minimum atomic E-state index is -1.08. The maximum Gasteiger partial charge on any atom is 0.0817 e. The van der Waals surface area contributed by atoms with Crippen molar-refractivity contribution in [1.29, 1.82) is 0 Å². The molecule has 0 nitrogen and oxygen atoms in total. The summed E-state index contributed by atoms with van der Waals surface area (Å²) >= 11 is 0. The van der Waals surface area contributed by atoms with Crippen molar-refractivity contribution in [2.75, 3.05) is 0 Å². The van der Waals surface area contributed by atoms with E-state index in [-0.39, 0.29) is 0 Å². The van der Waals surface area contributed by atoms with Crippen LogP contribution in [-0.4, -0.2) is 6.15 Å². The Bertz CT molecular complexity index is 965. The molecule has 0 aliphatic carbocycles. The number of aryl methyl sites for hydroxylation is 4. The minimum absolute atomic E-state index is 1.05. The first kappa shape index (κ1) is 20.2. The quantitative estimate of drug-likeness (QED) is 0.391. The third-order valence-electron chi connectivity index (χ3n) is 6.65. The highest BCUT2D eigenvalue weighted by atomic mass is 14.1. The summed E-state index contributed by atoms with van der Waals surface area (Å²) in [6.45, 7) is 6.50.